The molecule has 1 unspecified atom stereocenters. The summed E-state index contributed by atoms with van der Waals surface area (Å²) in [5.41, 5.74) is 5.02. The van der Waals surface area contributed by atoms with Gasteiger partial charge < -0.3 is 20.6 Å². The number of nitrogens with zero attached hydrogens (tertiary/aromatic N) is 2. The second-order valence-electron chi connectivity index (χ2n) is 4.34. The lowest BCUT2D eigenvalue weighted by Crippen LogP contribution is -2.50. The molecule has 0 bridgehead atoms. The largest absolute Gasteiger partial charge is 0.409 e. The maximum absolute atomic E-state index is 11.8. The third kappa shape index (κ3) is 3.10. The van der Waals surface area contributed by atoms with Crippen LogP contribution >= 0.6 is 0 Å². The highest BCUT2D eigenvalue weighted by atomic mass is 16.5. The van der Waals surface area contributed by atoms with E-state index in [4.69, 9.17) is 15.7 Å². The van der Waals surface area contributed by atoms with Crippen LogP contribution in [0.15, 0.2) is 5.16 Å². The van der Waals surface area contributed by atoms with Crippen LogP contribution in [0.3, 0.4) is 0 Å². The monoisotopic (exact) mass is 229 g/mol. The van der Waals surface area contributed by atoms with E-state index in [0.717, 1.165) is 12.8 Å². The van der Waals surface area contributed by atoms with Crippen molar-refractivity contribution in [3.63, 3.8) is 0 Å². The highest BCUT2D eigenvalue weighted by molar-refractivity contribution is 5.98. The number of ether oxygens (including phenoxy) is 1. The summed E-state index contributed by atoms with van der Waals surface area (Å²) in [6.07, 6.45) is 1.80. The number of carbonyl (C=O) groups excluding carboxylic acids is 1. The van der Waals surface area contributed by atoms with Crippen LogP contribution in [-0.4, -0.2) is 47.7 Å². The van der Waals surface area contributed by atoms with Gasteiger partial charge >= 0.3 is 0 Å². The molecule has 1 saturated heterocycles. The molecule has 0 saturated carbocycles. The highest BCUT2D eigenvalue weighted by Gasteiger charge is 2.32. The third-order valence-electron chi connectivity index (χ3n) is 2.97. The Kier molecular flexibility index (Phi) is 4.12. The van der Waals surface area contributed by atoms with Crippen LogP contribution in [0.4, 0.5) is 0 Å². The Labute approximate surface area is 95.0 Å². The number of amides is 1. The molecule has 1 aliphatic rings. The van der Waals surface area contributed by atoms with Gasteiger partial charge in [-0.3, -0.25) is 4.79 Å². The molecule has 3 N–H and O–H groups in total. The number of rotatable bonds is 3. The lowest BCUT2D eigenvalue weighted by atomic mass is 9.94. The summed E-state index contributed by atoms with van der Waals surface area (Å²) in [6, 6.07) is 0. The van der Waals surface area contributed by atoms with Crippen molar-refractivity contribution in [1.82, 2.24) is 4.90 Å². The SMILES string of the molecule is COC1(C)CCCN(C(=O)CC(N)=NO)C1. The number of amidine groups is 1. The molecular weight excluding hydrogens is 210 g/mol. The Morgan fingerprint density at radius 2 is 2.38 bits per heavy atom. The first-order chi connectivity index (χ1) is 7.50. The highest BCUT2D eigenvalue weighted by Crippen LogP contribution is 2.24. The first-order valence-electron chi connectivity index (χ1n) is 5.30. The fourth-order valence-corrected chi connectivity index (χ4v) is 1.89. The van der Waals surface area contributed by atoms with Gasteiger partial charge in [-0.15, -0.1) is 0 Å². The zero-order valence-corrected chi connectivity index (χ0v) is 9.77. The molecule has 16 heavy (non-hydrogen) atoms. The van der Waals surface area contributed by atoms with Crippen LogP contribution in [-0.2, 0) is 9.53 Å². The van der Waals surface area contributed by atoms with Crippen molar-refractivity contribution in [2.24, 2.45) is 10.9 Å². The van der Waals surface area contributed by atoms with Crippen molar-refractivity contribution in [3.8, 4) is 0 Å². The van der Waals surface area contributed by atoms with E-state index >= 15 is 0 Å². The minimum atomic E-state index is -0.279. The van der Waals surface area contributed by atoms with Gasteiger partial charge in [0.2, 0.25) is 5.91 Å². The van der Waals surface area contributed by atoms with Gasteiger partial charge in [0.05, 0.1) is 12.0 Å². The number of piperidine rings is 1. The van der Waals surface area contributed by atoms with Gasteiger partial charge in [0, 0.05) is 20.2 Å². The number of hydrogen-bond acceptors (Lipinski definition) is 4. The molecule has 6 heteroatoms. The predicted octanol–water partition coefficient (Wildman–Crippen LogP) is 0.150. The molecule has 0 spiro atoms. The fourth-order valence-electron chi connectivity index (χ4n) is 1.89. The summed E-state index contributed by atoms with van der Waals surface area (Å²) < 4.78 is 5.39. The fraction of sp³-hybridized carbons (Fsp3) is 0.800. The molecule has 0 aromatic rings. The second kappa shape index (κ2) is 5.16. The normalized spacial score (nSPS) is 26.9. The molecule has 1 aliphatic heterocycles. The Morgan fingerprint density at radius 1 is 1.69 bits per heavy atom. The Hall–Kier alpha value is -1.30. The zero-order valence-electron chi connectivity index (χ0n) is 9.77. The van der Waals surface area contributed by atoms with Gasteiger partial charge in [-0.2, -0.15) is 0 Å². The van der Waals surface area contributed by atoms with Gasteiger partial charge in [-0.1, -0.05) is 5.16 Å². The smallest absolute Gasteiger partial charge is 0.230 e. The number of hydrogen-bond donors (Lipinski definition) is 2. The second-order valence-corrected chi connectivity index (χ2v) is 4.34. The number of likely N-dealkylation sites (tertiary alicyclic amines) is 1. The van der Waals surface area contributed by atoms with E-state index in [1.807, 2.05) is 6.92 Å². The van der Waals surface area contributed by atoms with E-state index in [1.165, 1.54) is 0 Å². The minimum absolute atomic E-state index is 0.0453. The molecule has 0 aromatic carbocycles. The standard InChI is InChI=1S/C10H19N3O3/c1-10(16-2)4-3-5-13(7-10)9(14)6-8(11)12-15/h15H,3-7H2,1-2H3,(H2,11,12). The molecular formula is C10H19N3O3. The first kappa shape index (κ1) is 12.8. The summed E-state index contributed by atoms with van der Waals surface area (Å²) in [5.74, 6) is -0.187. The summed E-state index contributed by atoms with van der Waals surface area (Å²) >= 11 is 0. The molecule has 1 atom stereocenters. The van der Waals surface area contributed by atoms with Crippen molar-refractivity contribution in [2.75, 3.05) is 20.2 Å². The molecule has 6 nitrogen and oxygen atoms in total. The van der Waals surface area contributed by atoms with Crippen molar-refractivity contribution in [2.45, 2.75) is 31.8 Å². The van der Waals surface area contributed by atoms with Crippen LogP contribution in [0.2, 0.25) is 0 Å². The minimum Gasteiger partial charge on any atom is -0.409 e. The zero-order chi connectivity index (χ0) is 12.2. The van der Waals surface area contributed by atoms with Crippen molar-refractivity contribution >= 4 is 11.7 Å². The van der Waals surface area contributed by atoms with Crippen LogP contribution in [0, 0.1) is 0 Å². The molecule has 1 fully saturated rings. The van der Waals surface area contributed by atoms with E-state index in [9.17, 15) is 4.79 Å². The van der Waals surface area contributed by atoms with Crippen LogP contribution in [0.25, 0.3) is 0 Å². The average Bonchev–Trinajstić information content (AvgIpc) is 2.29. The summed E-state index contributed by atoms with van der Waals surface area (Å²) in [7, 11) is 1.65. The first-order valence-corrected chi connectivity index (χ1v) is 5.30. The Balaban J connectivity index is 2.57. The summed E-state index contributed by atoms with van der Waals surface area (Å²) in [6.45, 7) is 3.24. The predicted molar refractivity (Wildman–Crippen MR) is 59.3 cm³/mol. The van der Waals surface area contributed by atoms with Crippen molar-refractivity contribution in [1.29, 1.82) is 0 Å². The molecule has 0 aromatic heterocycles. The van der Waals surface area contributed by atoms with Gasteiger partial charge in [0.15, 0.2) is 0 Å². The summed E-state index contributed by atoms with van der Waals surface area (Å²) in [5, 5.41) is 11.2. The van der Waals surface area contributed by atoms with E-state index in [2.05, 4.69) is 5.16 Å². The lowest BCUT2D eigenvalue weighted by molar-refractivity contribution is -0.137. The number of nitrogens with two attached hydrogens (primary N) is 1. The van der Waals surface area contributed by atoms with Gasteiger partial charge in [-0.25, -0.2) is 0 Å². The molecule has 1 amide bonds. The van der Waals surface area contributed by atoms with Gasteiger partial charge in [0.1, 0.15) is 5.84 Å². The van der Waals surface area contributed by atoms with Gasteiger partial charge in [0.25, 0.3) is 0 Å². The topological polar surface area (TPSA) is 88.2 Å². The Morgan fingerprint density at radius 3 is 2.94 bits per heavy atom. The van der Waals surface area contributed by atoms with Crippen molar-refractivity contribution in [3.05, 3.63) is 0 Å². The van der Waals surface area contributed by atoms with E-state index in [1.54, 1.807) is 12.0 Å². The molecule has 92 valence electrons. The lowest BCUT2D eigenvalue weighted by Gasteiger charge is -2.39. The third-order valence-corrected chi connectivity index (χ3v) is 2.97. The molecule has 1 heterocycles. The van der Waals surface area contributed by atoms with Crippen LogP contribution < -0.4 is 5.73 Å². The van der Waals surface area contributed by atoms with E-state index in [-0.39, 0.29) is 23.8 Å². The van der Waals surface area contributed by atoms with Crippen LogP contribution in [0.5, 0.6) is 0 Å². The summed E-state index contributed by atoms with van der Waals surface area (Å²) in [4.78, 5) is 13.5. The number of methoxy groups -OCH3 is 1. The van der Waals surface area contributed by atoms with E-state index < -0.39 is 0 Å². The Bertz CT molecular complexity index is 293. The van der Waals surface area contributed by atoms with Gasteiger partial charge in [-0.05, 0) is 19.8 Å². The molecule has 0 aliphatic carbocycles. The average molecular weight is 229 g/mol. The maximum Gasteiger partial charge on any atom is 0.230 e. The van der Waals surface area contributed by atoms with Crippen LogP contribution in [0.1, 0.15) is 26.2 Å². The van der Waals surface area contributed by atoms with E-state index in [0.29, 0.717) is 13.1 Å². The number of oxime groups is 1. The maximum atomic E-state index is 11.8. The van der Waals surface area contributed by atoms with Crippen molar-refractivity contribution < 1.29 is 14.7 Å². The number of carbonyl (C=O) groups is 1. The quantitative estimate of drug-likeness (QED) is 0.312. The molecule has 0 radical (unpaired) electrons. The molecule has 1 rings (SSSR count).